The second-order valence-electron chi connectivity index (χ2n) is 3.86. The number of rotatable bonds is 4. The standard InChI is InChI=1S/C12H13BrF3NO3/c1-19-8-3-7(13)4-10(20-2)9(5-8)11(18)17-6-12(14,15)16/h3-5,9H,6H2,1-2H3,(H,17,18). The third-order valence-corrected chi connectivity index (χ3v) is 2.87. The Bertz CT molecular complexity index is 469. The third-order valence-electron chi connectivity index (χ3n) is 2.41. The largest absolute Gasteiger partial charge is 0.500 e. The lowest BCUT2D eigenvalue weighted by molar-refractivity contribution is -0.139. The summed E-state index contributed by atoms with van der Waals surface area (Å²) in [7, 11) is 2.73. The summed E-state index contributed by atoms with van der Waals surface area (Å²) in [6.07, 6.45) is -0.00428. The van der Waals surface area contributed by atoms with Gasteiger partial charge in [0.25, 0.3) is 0 Å². The molecule has 4 nitrogen and oxygen atoms in total. The van der Waals surface area contributed by atoms with Crippen molar-refractivity contribution in [3.8, 4) is 0 Å². The van der Waals surface area contributed by atoms with Gasteiger partial charge in [-0.15, -0.1) is 0 Å². The van der Waals surface area contributed by atoms with Crippen molar-refractivity contribution >= 4 is 21.8 Å². The summed E-state index contributed by atoms with van der Waals surface area (Å²) < 4.78 is 47.0. The maximum Gasteiger partial charge on any atom is 0.405 e. The molecule has 1 rings (SSSR count). The summed E-state index contributed by atoms with van der Waals surface area (Å²) >= 11 is 3.22. The fourth-order valence-electron chi connectivity index (χ4n) is 1.51. The van der Waals surface area contributed by atoms with E-state index in [-0.39, 0.29) is 5.76 Å². The van der Waals surface area contributed by atoms with E-state index in [2.05, 4.69) is 15.9 Å². The highest BCUT2D eigenvalue weighted by Gasteiger charge is 2.31. The molecule has 0 bridgehead atoms. The van der Waals surface area contributed by atoms with Gasteiger partial charge in [-0.2, -0.15) is 13.2 Å². The Balaban J connectivity index is 2.94. The van der Waals surface area contributed by atoms with E-state index in [0.29, 0.717) is 10.2 Å². The Morgan fingerprint density at radius 3 is 2.50 bits per heavy atom. The SMILES string of the molecule is COC1=CC(C(=O)NCC(F)(F)F)C(OC)=CC(Br)=C1. The van der Waals surface area contributed by atoms with Crippen molar-refractivity contribution in [3.63, 3.8) is 0 Å². The molecule has 8 heteroatoms. The molecule has 1 amide bonds. The monoisotopic (exact) mass is 355 g/mol. The Labute approximate surface area is 122 Å². The molecule has 0 aromatic rings. The summed E-state index contributed by atoms with van der Waals surface area (Å²) in [6, 6.07) is 0. The number of amides is 1. The van der Waals surface area contributed by atoms with Crippen LogP contribution in [0.2, 0.25) is 0 Å². The van der Waals surface area contributed by atoms with Gasteiger partial charge in [0.1, 0.15) is 24.0 Å². The smallest absolute Gasteiger partial charge is 0.405 e. The summed E-state index contributed by atoms with van der Waals surface area (Å²) in [6.45, 7) is -1.40. The van der Waals surface area contributed by atoms with Crippen molar-refractivity contribution < 1.29 is 27.4 Å². The average molecular weight is 356 g/mol. The molecule has 1 atom stereocenters. The molecule has 0 radical (unpaired) electrons. The van der Waals surface area contributed by atoms with Crippen molar-refractivity contribution in [1.29, 1.82) is 0 Å². The first-order valence-electron chi connectivity index (χ1n) is 5.50. The highest BCUT2D eigenvalue weighted by atomic mass is 79.9. The van der Waals surface area contributed by atoms with Crippen LogP contribution >= 0.6 is 15.9 Å². The zero-order valence-corrected chi connectivity index (χ0v) is 12.3. The highest BCUT2D eigenvalue weighted by Crippen LogP contribution is 2.26. The maximum absolute atomic E-state index is 12.1. The van der Waals surface area contributed by atoms with Gasteiger partial charge in [-0.1, -0.05) is 15.9 Å². The molecule has 0 saturated heterocycles. The Kier molecular flexibility index (Phi) is 5.67. The van der Waals surface area contributed by atoms with Gasteiger partial charge in [0.05, 0.1) is 14.2 Å². The van der Waals surface area contributed by atoms with Crippen LogP contribution in [0.3, 0.4) is 0 Å². The van der Waals surface area contributed by atoms with Crippen LogP contribution in [-0.2, 0) is 14.3 Å². The normalized spacial score (nSPS) is 19.3. The molecule has 1 aliphatic rings. The summed E-state index contributed by atoms with van der Waals surface area (Å²) in [5, 5.41) is 1.82. The Morgan fingerprint density at radius 1 is 1.35 bits per heavy atom. The van der Waals surface area contributed by atoms with Gasteiger partial charge >= 0.3 is 6.18 Å². The topological polar surface area (TPSA) is 47.6 Å². The van der Waals surface area contributed by atoms with Crippen LogP contribution in [0.15, 0.2) is 34.2 Å². The van der Waals surface area contributed by atoms with E-state index in [9.17, 15) is 18.0 Å². The lowest BCUT2D eigenvalue weighted by atomic mass is 10.1. The lowest BCUT2D eigenvalue weighted by Gasteiger charge is -2.16. The molecule has 20 heavy (non-hydrogen) atoms. The number of halogens is 4. The predicted octanol–water partition coefficient (Wildman–Crippen LogP) is 2.63. The number of ether oxygens (including phenoxy) is 2. The number of methoxy groups -OCH3 is 2. The number of hydrogen-bond acceptors (Lipinski definition) is 3. The summed E-state index contributed by atoms with van der Waals surface area (Å²) in [5.74, 6) is -1.27. The Morgan fingerprint density at radius 2 is 2.00 bits per heavy atom. The minimum absolute atomic E-state index is 0.208. The second-order valence-corrected chi connectivity index (χ2v) is 4.78. The third kappa shape index (κ3) is 4.92. The number of hydrogen-bond donors (Lipinski definition) is 1. The van der Waals surface area contributed by atoms with Crippen LogP contribution < -0.4 is 5.32 Å². The first-order valence-corrected chi connectivity index (χ1v) is 6.29. The number of allylic oxidation sites excluding steroid dienone is 3. The first-order chi connectivity index (χ1) is 9.26. The summed E-state index contributed by atoms with van der Waals surface area (Å²) in [4.78, 5) is 11.9. The second kappa shape index (κ2) is 6.83. The molecule has 0 spiro atoms. The van der Waals surface area contributed by atoms with E-state index < -0.39 is 24.5 Å². The van der Waals surface area contributed by atoms with Crippen LogP contribution in [-0.4, -0.2) is 32.8 Å². The maximum atomic E-state index is 12.1. The first kappa shape index (κ1) is 16.6. The van der Waals surface area contributed by atoms with Crippen molar-refractivity contribution in [2.24, 2.45) is 5.92 Å². The molecule has 0 saturated carbocycles. The number of carbonyl (C=O) groups is 1. The molecular weight excluding hydrogens is 343 g/mol. The highest BCUT2D eigenvalue weighted by molar-refractivity contribution is 9.11. The van der Waals surface area contributed by atoms with E-state index >= 15 is 0 Å². The molecule has 1 N–H and O–H groups in total. The minimum atomic E-state index is -4.47. The fourth-order valence-corrected chi connectivity index (χ4v) is 1.96. The molecule has 1 unspecified atom stereocenters. The Hall–Kier alpha value is -1.44. The van der Waals surface area contributed by atoms with Gasteiger partial charge in [0, 0.05) is 4.48 Å². The molecule has 1 aliphatic carbocycles. The van der Waals surface area contributed by atoms with Crippen LogP contribution in [0.1, 0.15) is 0 Å². The fraction of sp³-hybridized carbons (Fsp3) is 0.417. The zero-order chi connectivity index (χ0) is 15.3. The van der Waals surface area contributed by atoms with Crippen molar-refractivity contribution in [2.45, 2.75) is 6.18 Å². The van der Waals surface area contributed by atoms with Crippen molar-refractivity contribution in [2.75, 3.05) is 20.8 Å². The molecule has 0 aliphatic heterocycles. The predicted molar refractivity (Wildman–Crippen MR) is 69.7 cm³/mol. The van der Waals surface area contributed by atoms with Crippen LogP contribution in [0.25, 0.3) is 0 Å². The van der Waals surface area contributed by atoms with E-state index in [1.165, 1.54) is 26.4 Å². The van der Waals surface area contributed by atoms with Gasteiger partial charge in [-0.05, 0) is 18.2 Å². The molecule has 0 aromatic heterocycles. The van der Waals surface area contributed by atoms with E-state index in [0.717, 1.165) is 0 Å². The van der Waals surface area contributed by atoms with Crippen LogP contribution in [0.4, 0.5) is 13.2 Å². The number of alkyl halides is 3. The zero-order valence-electron chi connectivity index (χ0n) is 10.8. The van der Waals surface area contributed by atoms with Crippen LogP contribution in [0, 0.1) is 5.92 Å². The van der Waals surface area contributed by atoms with Gasteiger partial charge < -0.3 is 14.8 Å². The average Bonchev–Trinajstić information content (AvgIpc) is 2.53. The lowest BCUT2D eigenvalue weighted by Crippen LogP contribution is -2.38. The molecule has 112 valence electrons. The number of nitrogens with one attached hydrogen (secondary N) is 1. The minimum Gasteiger partial charge on any atom is -0.500 e. The molecule has 0 heterocycles. The van der Waals surface area contributed by atoms with E-state index in [1.54, 1.807) is 6.08 Å². The van der Waals surface area contributed by atoms with E-state index in [4.69, 9.17) is 9.47 Å². The quantitative estimate of drug-likeness (QED) is 0.843. The van der Waals surface area contributed by atoms with Crippen LogP contribution in [0.5, 0.6) is 0 Å². The van der Waals surface area contributed by atoms with Gasteiger partial charge in [-0.25, -0.2) is 0 Å². The summed E-state index contributed by atoms with van der Waals surface area (Å²) in [5.41, 5.74) is 0. The van der Waals surface area contributed by atoms with Crippen molar-refractivity contribution in [1.82, 2.24) is 5.32 Å². The van der Waals surface area contributed by atoms with Gasteiger partial charge in [0.2, 0.25) is 5.91 Å². The number of carbonyl (C=O) groups excluding carboxylic acids is 1. The molecule has 0 aromatic carbocycles. The van der Waals surface area contributed by atoms with Crippen molar-refractivity contribution in [3.05, 3.63) is 34.2 Å². The van der Waals surface area contributed by atoms with Gasteiger partial charge in [0.15, 0.2) is 0 Å². The van der Waals surface area contributed by atoms with E-state index in [1.807, 2.05) is 5.32 Å². The molecule has 0 fully saturated rings. The van der Waals surface area contributed by atoms with Gasteiger partial charge in [-0.3, -0.25) is 4.79 Å². The molecular formula is C12H13BrF3NO3.